The Kier molecular flexibility index (Phi) is 4.05. The number of carbonyl (C=O) groups is 2. The van der Waals surface area contributed by atoms with Crippen molar-refractivity contribution in [1.29, 1.82) is 0 Å². The molecule has 0 saturated carbocycles. The van der Waals surface area contributed by atoms with Gasteiger partial charge in [-0.3, -0.25) is 9.59 Å². The predicted octanol–water partition coefficient (Wildman–Crippen LogP) is 1.87. The highest BCUT2D eigenvalue weighted by Gasteiger charge is 2.41. The Hall–Kier alpha value is -2.04. The number of hydrogen-bond donors (Lipinski definition) is 1. The van der Waals surface area contributed by atoms with E-state index in [1.165, 1.54) is 12.1 Å². The van der Waals surface area contributed by atoms with Crippen molar-refractivity contribution in [2.24, 2.45) is 5.92 Å². The Labute approximate surface area is 130 Å². The number of amides is 2. The van der Waals surface area contributed by atoms with Crippen molar-refractivity contribution in [1.82, 2.24) is 9.80 Å². The lowest BCUT2D eigenvalue weighted by molar-refractivity contribution is -0.139. The maximum Gasteiger partial charge on any atom is 0.253 e. The van der Waals surface area contributed by atoms with E-state index < -0.39 is 0 Å². The van der Waals surface area contributed by atoms with Gasteiger partial charge in [-0.05, 0) is 43.5 Å². The van der Waals surface area contributed by atoms with Gasteiger partial charge in [-0.15, -0.1) is 0 Å². The van der Waals surface area contributed by atoms with Crippen molar-refractivity contribution in [3.05, 3.63) is 29.8 Å². The standard InChI is InChI=1S/C17H22N2O3/c1-2-9-19-14-6-3-13(17(19)22)10-18(11-14)16(21)12-4-7-15(20)8-5-12/h4-5,7-8,13-14,20H,2-3,6,9-11H2,1H3/t13-,14+/m0/s1. The van der Waals surface area contributed by atoms with E-state index in [1.54, 1.807) is 12.1 Å². The molecular formula is C17H22N2O3. The lowest BCUT2D eigenvalue weighted by Crippen LogP contribution is -2.48. The molecule has 1 aromatic carbocycles. The first-order chi connectivity index (χ1) is 10.6. The summed E-state index contributed by atoms with van der Waals surface area (Å²) in [6.45, 7) is 3.98. The van der Waals surface area contributed by atoms with E-state index in [-0.39, 0.29) is 29.5 Å². The normalized spacial score (nSPS) is 24.5. The second kappa shape index (κ2) is 5.99. The van der Waals surface area contributed by atoms with Gasteiger partial charge in [0, 0.05) is 31.2 Å². The van der Waals surface area contributed by atoms with Crippen molar-refractivity contribution < 1.29 is 14.7 Å². The minimum atomic E-state index is -0.0636. The number of phenols is 1. The molecule has 5 nitrogen and oxygen atoms in total. The molecule has 3 heterocycles. The van der Waals surface area contributed by atoms with Crippen LogP contribution in [0.5, 0.6) is 5.75 Å². The molecule has 3 saturated heterocycles. The summed E-state index contributed by atoms with van der Waals surface area (Å²) in [5.41, 5.74) is 0.564. The van der Waals surface area contributed by atoms with Crippen molar-refractivity contribution in [2.75, 3.05) is 19.6 Å². The summed E-state index contributed by atoms with van der Waals surface area (Å²) in [5, 5.41) is 9.34. The fraction of sp³-hybridized carbons (Fsp3) is 0.529. The molecule has 0 unspecified atom stereocenters. The lowest BCUT2D eigenvalue weighted by Gasteiger charge is -2.35. The summed E-state index contributed by atoms with van der Waals surface area (Å²) < 4.78 is 0. The summed E-state index contributed by atoms with van der Waals surface area (Å²) >= 11 is 0. The van der Waals surface area contributed by atoms with Crippen LogP contribution in [0.25, 0.3) is 0 Å². The third-order valence-electron chi connectivity index (χ3n) is 4.66. The first-order valence-corrected chi connectivity index (χ1v) is 7.99. The van der Waals surface area contributed by atoms with Crippen LogP contribution in [0.15, 0.2) is 24.3 Å². The average Bonchev–Trinajstić information content (AvgIpc) is 2.80. The molecule has 2 amide bonds. The summed E-state index contributed by atoms with van der Waals surface area (Å²) in [7, 11) is 0. The monoisotopic (exact) mass is 302 g/mol. The molecule has 22 heavy (non-hydrogen) atoms. The smallest absolute Gasteiger partial charge is 0.253 e. The van der Waals surface area contributed by atoms with Crippen LogP contribution >= 0.6 is 0 Å². The molecule has 2 bridgehead atoms. The zero-order valence-electron chi connectivity index (χ0n) is 12.9. The number of hydrogen-bond acceptors (Lipinski definition) is 3. The first-order valence-electron chi connectivity index (χ1n) is 7.99. The zero-order valence-corrected chi connectivity index (χ0v) is 12.9. The molecule has 0 aliphatic carbocycles. The highest BCUT2D eigenvalue weighted by Crippen LogP contribution is 2.30. The van der Waals surface area contributed by atoms with Crippen molar-refractivity contribution in [3.8, 4) is 5.75 Å². The molecule has 0 spiro atoms. The Morgan fingerprint density at radius 3 is 2.64 bits per heavy atom. The summed E-state index contributed by atoms with van der Waals surface area (Å²) in [5.74, 6) is 0.241. The van der Waals surface area contributed by atoms with Gasteiger partial charge in [-0.1, -0.05) is 6.92 Å². The third kappa shape index (κ3) is 2.67. The maximum absolute atomic E-state index is 12.7. The van der Waals surface area contributed by atoms with Crippen LogP contribution < -0.4 is 0 Å². The minimum Gasteiger partial charge on any atom is -0.508 e. The maximum atomic E-state index is 12.7. The number of nitrogens with zero attached hydrogens (tertiary/aromatic N) is 2. The summed E-state index contributed by atoms with van der Waals surface area (Å²) in [6, 6.07) is 6.46. The molecule has 0 radical (unpaired) electrons. The SMILES string of the molecule is CCCN1C(=O)[C@H]2CC[C@@H]1CN(C(=O)c1ccc(O)cc1)C2. The Balaban J connectivity index is 1.80. The van der Waals surface area contributed by atoms with Gasteiger partial charge in [0.2, 0.25) is 5.91 Å². The molecule has 3 aliphatic heterocycles. The number of rotatable bonds is 3. The fourth-order valence-electron chi connectivity index (χ4n) is 3.53. The largest absolute Gasteiger partial charge is 0.508 e. The first kappa shape index (κ1) is 14.9. The fourth-order valence-corrected chi connectivity index (χ4v) is 3.53. The molecule has 2 atom stereocenters. The quantitative estimate of drug-likeness (QED) is 0.927. The van der Waals surface area contributed by atoms with E-state index in [0.29, 0.717) is 18.7 Å². The molecule has 0 aromatic heterocycles. The Morgan fingerprint density at radius 2 is 1.95 bits per heavy atom. The number of aromatic hydroxyl groups is 1. The van der Waals surface area contributed by atoms with Gasteiger partial charge >= 0.3 is 0 Å². The molecular weight excluding hydrogens is 280 g/mol. The third-order valence-corrected chi connectivity index (χ3v) is 4.66. The molecule has 3 fully saturated rings. The highest BCUT2D eigenvalue weighted by atomic mass is 16.3. The molecule has 118 valence electrons. The van der Waals surface area contributed by atoms with Crippen LogP contribution in [0.1, 0.15) is 36.5 Å². The highest BCUT2D eigenvalue weighted by molar-refractivity contribution is 5.95. The van der Waals surface area contributed by atoms with Gasteiger partial charge in [0.1, 0.15) is 5.75 Å². The van der Waals surface area contributed by atoms with Gasteiger partial charge in [-0.25, -0.2) is 0 Å². The van der Waals surface area contributed by atoms with Crippen LogP contribution in [0, 0.1) is 5.92 Å². The number of phenolic OH excluding ortho intramolecular Hbond substituents is 1. The van der Waals surface area contributed by atoms with Crippen molar-refractivity contribution >= 4 is 11.8 Å². The Bertz CT molecular complexity index is 570. The van der Waals surface area contributed by atoms with Gasteiger partial charge in [0.15, 0.2) is 0 Å². The molecule has 1 aromatic rings. The van der Waals surface area contributed by atoms with E-state index in [4.69, 9.17) is 0 Å². The van der Waals surface area contributed by atoms with E-state index in [1.807, 2.05) is 9.80 Å². The van der Waals surface area contributed by atoms with E-state index >= 15 is 0 Å². The topological polar surface area (TPSA) is 60.9 Å². The predicted molar refractivity (Wildman–Crippen MR) is 82.5 cm³/mol. The number of fused-ring (bicyclic) bond motifs is 4. The van der Waals surface area contributed by atoms with Crippen LogP contribution in [-0.4, -0.2) is 52.4 Å². The van der Waals surface area contributed by atoms with Crippen LogP contribution in [0.4, 0.5) is 0 Å². The van der Waals surface area contributed by atoms with Crippen LogP contribution in [0.2, 0.25) is 0 Å². The lowest BCUT2D eigenvalue weighted by atomic mass is 9.94. The van der Waals surface area contributed by atoms with Crippen molar-refractivity contribution in [2.45, 2.75) is 32.2 Å². The van der Waals surface area contributed by atoms with Gasteiger partial charge in [0.25, 0.3) is 5.91 Å². The summed E-state index contributed by atoms with van der Waals surface area (Å²) in [4.78, 5) is 28.9. The average molecular weight is 302 g/mol. The molecule has 5 heteroatoms. The van der Waals surface area contributed by atoms with Crippen LogP contribution in [-0.2, 0) is 4.79 Å². The minimum absolute atomic E-state index is 0.0527. The molecule has 1 N–H and O–H groups in total. The van der Waals surface area contributed by atoms with Crippen molar-refractivity contribution in [3.63, 3.8) is 0 Å². The van der Waals surface area contributed by atoms with E-state index in [2.05, 4.69) is 6.92 Å². The Morgan fingerprint density at radius 1 is 1.23 bits per heavy atom. The van der Waals surface area contributed by atoms with E-state index in [9.17, 15) is 14.7 Å². The van der Waals surface area contributed by atoms with Gasteiger partial charge in [0.05, 0.1) is 5.92 Å². The number of benzene rings is 1. The molecule has 4 rings (SSSR count). The van der Waals surface area contributed by atoms with Gasteiger partial charge in [-0.2, -0.15) is 0 Å². The number of carbonyl (C=O) groups excluding carboxylic acids is 2. The molecule has 3 aliphatic rings. The second-order valence-electron chi connectivity index (χ2n) is 6.22. The van der Waals surface area contributed by atoms with Crippen LogP contribution in [0.3, 0.4) is 0 Å². The zero-order chi connectivity index (χ0) is 15.7. The number of piperidine rings is 1. The second-order valence-corrected chi connectivity index (χ2v) is 6.22. The van der Waals surface area contributed by atoms with E-state index in [0.717, 1.165) is 25.8 Å². The summed E-state index contributed by atoms with van der Waals surface area (Å²) in [6.07, 6.45) is 2.81. The van der Waals surface area contributed by atoms with Gasteiger partial charge < -0.3 is 14.9 Å².